The predicted octanol–water partition coefficient (Wildman–Crippen LogP) is 3.46. The lowest BCUT2D eigenvalue weighted by Crippen LogP contribution is -2.53. The molecule has 11 heteroatoms. The van der Waals surface area contributed by atoms with Gasteiger partial charge in [0.05, 0.1) is 26.2 Å². The van der Waals surface area contributed by atoms with E-state index in [9.17, 15) is 18.0 Å². The Bertz CT molecular complexity index is 1150. The Morgan fingerprint density at radius 3 is 2.19 bits per heavy atom. The van der Waals surface area contributed by atoms with Crippen molar-refractivity contribution in [2.45, 2.75) is 45.8 Å². The molecule has 0 spiro atoms. The third kappa shape index (κ3) is 7.76. The molecule has 1 unspecified atom stereocenters. The highest BCUT2D eigenvalue weighted by Crippen LogP contribution is 2.33. The van der Waals surface area contributed by atoms with Crippen LogP contribution in [-0.4, -0.2) is 64.2 Å². The van der Waals surface area contributed by atoms with Crippen molar-refractivity contribution in [1.82, 2.24) is 10.2 Å². The van der Waals surface area contributed by atoms with Gasteiger partial charge in [0.25, 0.3) is 0 Å². The van der Waals surface area contributed by atoms with Crippen molar-refractivity contribution < 1.29 is 27.5 Å². The highest BCUT2D eigenvalue weighted by Gasteiger charge is 2.32. The topological polar surface area (TPSA) is 105 Å². The van der Waals surface area contributed by atoms with Crippen LogP contribution in [0.3, 0.4) is 0 Å². The van der Waals surface area contributed by atoms with E-state index in [0.29, 0.717) is 12.2 Å². The Hall–Kier alpha value is -2.98. The number of rotatable bonds is 12. The Morgan fingerprint density at radius 2 is 1.69 bits per heavy atom. The molecule has 0 heterocycles. The Kier molecular flexibility index (Phi) is 10.4. The number of nitrogens with zero attached hydrogens (tertiary/aromatic N) is 2. The van der Waals surface area contributed by atoms with E-state index in [2.05, 4.69) is 5.32 Å². The number of carbonyl (C=O) groups excluding carboxylic acids is 2. The van der Waals surface area contributed by atoms with Gasteiger partial charge in [-0.05, 0) is 56.2 Å². The normalized spacial score (nSPS) is 12.1. The molecule has 2 aromatic carbocycles. The zero-order valence-electron chi connectivity index (χ0n) is 21.4. The van der Waals surface area contributed by atoms with Gasteiger partial charge in [0.1, 0.15) is 24.1 Å². The van der Waals surface area contributed by atoms with E-state index < -0.39 is 28.5 Å². The third-order valence-corrected chi connectivity index (χ3v) is 6.78. The van der Waals surface area contributed by atoms with Crippen LogP contribution in [0, 0.1) is 0 Å². The fourth-order valence-corrected chi connectivity index (χ4v) is 4.69. The van der Waals surface area contributed by atoms with Crippen molar-refractivity contribution in [3.63, 3.8) is 0 Å². The lowest BCUT2D eigenvalue weighted by atomic mass is 10.1. The van der Waals surface area contributed by atoms with Crippen molar-refractivity contribution in [3.8, 4) is 11.5 Å². The molecule has 1 N–H and O–H groups in total. The summed E-state index contributed by atoms with van der Waals surface area (Å²) in [6, 6.07) is 10.7. The average molecular weight is 540 g/mol. The maximum Gasteiger partial charge on any atom is 0.244 e. The second-order valence-corrected chi connectivity index (χ2v) is 10.9. The summed E-state index contributed by atoms with van der Waals surface area (Å²) < 4.78 is 37.0. The van der Waals surface area contributed by atoms with Gasteiger partial charge in [0, 0.05) is 17.6 Å². The summed E-state index contributed by atoms with van der Waals surface area (Å²) in [6.07, 6.45) is 1.33. The molecule has 0 bridgehead atoms. The van der Waals surface area contributed by atoms with Gasteiger partial charge >= 0.3 is 0 Å². The minimum atomic E-state index is -3.92. The number of ether oxygens (including phenoxy) is 2. The Labute approximate surface area is 218 Å². The van der Waals surface area contributed by atoms with E-state index in [1.165, 1.54) is 24.1 Å². The lowest BCUT2D eigenvalue weighted by Gasteiger charge is -2.33. The lowest BCUT2D eigenvalue weighted by molar-refractivity contribution is -0.140. The smallest absolute Gasteiger partial charge is 0.244 e. The van der Waals surface area contributed by atoms with Crippen molar-refractivity contribution in [3.05, 3.63) is 53.1 Å². The van der Waals surface area contributed by atoms with Gasteiger partial charge in [0.15, 0.2) is 0 Å². The quantitative estimate of drug-likeness (QED) is 0.443. The molecule has 2 amide bonds. The summed E-state index contributed by atoms with van der Waals surface area (Å²) in [5, 5.41) is 3.13. The maximum absolute atomic E-state index is 13.7. The first kappa shape index (κ1) is 29.3. The molecule has 0 aliphatic carbocycles. The minimum Gasteiger partial charge on any atom is -0.497 e. The summed E-state index contributed by atoms with van der Waals surface area (Å²) in [6.45, 7) is 5.01. The number of halogens is 1. The average Bonchev–Trinajstić information content (AvgIpc) is 2.81. The van der Waals surface area contributed by atoms with Gasteiger partial charge in [-0.2, -0.15) is 0 Å². The van der Waals surface area contributed by atoms with Crippen LogP contribution in [0.5, 0.6) is 11.5 Å². The first-order chi connectivity index (χ1) is 16.9. The highest BCUT2D eigenvalue weighted by molar-refractivity contribution is 7.92. The predicted molar refractivity (Wildman–Crippen MR) is 141 cm³/mol. The molecule has 0 saturated carbocycles. The van der Waals surface area contributed by atoms with Gasteiger partial charge < -0.3 is 19.7 Å². The van der Waals surface area contributed by atoms with E-state index in [-0.39, 0.29) is 35.0 Å². The molecule has 0 aromatic heterocycles. The molecule has 2 rings (SSSR count). The van der Waals surface area contributed by atoms with Crippen LogP contribution in [-0.2, 0) is 26.2 Å². The molecule has 0 fully saturated rings. The Balaban J connectivity index is 2.50. The van der Waals surface area contributed by atoms with Gasteiger partial charge in [-0.15, -0.1) is 0 Å². The molecule has 9 nitrogen and oxygen atoms in total. The van der Waals surface area contributed by atoms with E-state index >= 15 is 0 Å². The van der Waals surface area contributed by atoms with Gasteiger partial charge in [-0.1, -0.05) is 30.7 Å². The number of anilines is 1. The third-order valence-electron chi connectivity index (χ3n) is 5.42. The van der Waals surface area contributed by atoms with Gasteiger partial charge in [-0.25, -0.2) is 8.42 Å². The van der Waals surface area contributed by atoms with Crippen molar-refractivity contribution >= 4 is 39.1 Å². The molecule has 0 radical (unpaired) electrons. The molecular formula is C25H34ClN3O6S. The molecular weight excluding hydrogens is 506 g/mol. The molecule has 0 aliphatic rings. The number of sulfonamides is 1. The van der Waals surface area contributed by atoms with Crippen molar-refractivity contribution in [2.24, 2.45) is 0 Å². The molecule has 1 atom stereocenters. The minimum absolute atomic E-state index is 0.0944. The van der Waals surface area contributed by atoms with Crippen LogP contribution in [0.25, 0.3) is 0 Å². The number of methoxy groups -OCH3 is 2. The first-order valence-electron chi connectivity index (χ1n) is 11.4. The van der Waals surface area contributed by atoms with Crippen LogP contribution in [0.2, 0.25) is 5.02 Å². The van der Waals surface area contributed by atoms with Crippen LogP contribution in [0.1, 0.15) is 32.8 Å². The van der Waals surface area contributed by atoms with Gasteiger partial charge in [-0.3, -0.25) is 13.9 Å². The summed E-state index contributed by atoms with van der Waals surface area (Å²) in [7, 11) is -0.968. The maximum atomic E-state index is 13.7. The Morgan fingerprint density at radius 1 is 1.06 bits per heavy atom. The zero-order valence-corrected chi connectivity index (χ0v) is 23.0. The second-order valence-electron chi connectivity index (χ2n) is 8.54. The molecule has 2 aromatic rings. The zero-order chi connectivity index (χ0) is 27.0. The highest BCUT2D eigenvalue weighted by atomic mass is 35.5. The van der Waals surface area contributed by atoms with Crippen LogP contribution >= 0.6 is 11.6 Å². The SMILES string of the molecule is CCC(C(=O)NC(C)C)N(Cc1ccc(OC)cc1)C(=O)CN(c1cc(Cl)ccc1OC)S(C)(=O)=O. The fourth-order valence-electron chi connectivity index (χ4n) is 3.68. The molecule has 36 heavy (non-hydrogen) atoms. The van der Waals surface area contributed by atoms with Crippen molar-refractivity contribution in [2.75, 3.05) is 31.3 Å². The number of benzene rings is 2. The van der Waals surface area contributed by atoms with Crippen LogP contribution < -0.4 is 19.1 Å². The molecule has 0 aliphatic heterocycles. The summed E-state index contributed by atoms with van der Waals surface area (Å²) in [4.78, 5) is 28.1. The second kappa shape index (κ2) is 12.8. The van der Waals surface area contributed by atoms with E-state index in [1.54, 1.807) is 44.4 Å². The number of hydrogen-bond acceptors (Lipinski definition) is 6. The van der Waals surface area contributed by atoms with Crippen LogP contribution in [0.4, 0.5) is 5.69 Å². The number of amides is 2. The molecule has 0 saturated heterocycles. The fraction of sp³-hybridized carbons (Fsp3) is 0.440. The monoisotopic (exact) mass is 539 g/mol. The standard InChI is InChI=1S/C25H34ClN3O6S/c1-7-21(25(31)27-17(2)3)28(15-18-8-11-20(34-4)12-9-18)24(30)16-29(36(6,32)33)22-14-19(26)10-13-23(22)35-5/h8-14,17,21H,7,15-16H2,1-6H3,(H,27,31). The van der Waals surface area contributed by atoms with E-state index in [0.717, 1.165) is 16.1 Å². The van der Waals surface area contributed by atoms with E-state index in [4.69, 9.17) is 21.1 Å². The van der Waals surface area contributed by atoms with Crippen LogP contribution in [0.15, 0.2) is 42.5 Å². The van der Waals surface area contributed by atoms with Gasteiger partial charge in [0.2, 0.25) is 21.8 Å². The molecule has 198 valence electrons. The summed E-state index contributed by atoms with van der Waals surface area (Å²) in [5.41, 5.74) is 0.885. The summed E-state index contributed by atoms with van der Waals surface area (Å²) >= 11 is 6.13. The number of hydrogen-bond donors (Lipinski definition) is 1. The number of nitrogens with one attached hydrogen (secondary N) is 1. The summed E-state index contributed by atoms with van der Waals surface area (Å²) in [5.74, 6) is 0.0195. The first-order valence-corrected chi connectivity index (χ1v) is 13.7. The largest absolute Gasteiger partial charge is 0.497 e. The number of carbonyl (C=O) groups is 2. The van der Waals surface area contributed by atoms with E-state index in [1.807, 2.05) is 13.8 Å². The van der Waals surface area contributed by atoms with Crippen molar-refractivity contribution in [1.29, 1.82) is 0 Å².